The minimum Gasteiger partial charge on any atom is -0.492 e. The fourth-order valence-corrected chi connectivity index (χ4v) is 3.93. The Morgan fingerprint density at radius 3 is 2.88 bits per heavy atom. The Morgan fingerprint density at radius 1 is 1.16 bits per heavy atom. The van der Waals surface area contributed by atoms with Crippen LogP contribution < -0.4 is 10.1 Å². The molecule has 7 heteroatoms. The maximum atomic E-state index is 13.2. The molecule has 1 saturated heterocycles. The van der Waals surface area contributed by atoms with Gasteiger partial charge in [0.15, 0.2) is 0 Å². The van der Waals surface area contributed by atoms with Gasteiger partial charge < -0.3 is 10.1 Å². The van der Waals surface area contributed by atoms with Gasteiger partial charge in [0, 0.05) is 43.2 Å². The van der Waals surface area contributed by atoms with E-state index in [9.17, 15) is 9.18 Å². The lowest BCUT2D eigenvalue weighted by Crippen LogP contribution is -2.34. The zero-order valence-corrected chi connectivity index (χ0v) is 17.9. The number of benzene rings is 1. The second kappa shape index (κ2) is 10.8. The van der Waals surface area contributed by atoms with E-state index < -0.39 is 0 Å². The van der Waals surface area contributed by atoms with E-state index in [1.54, 1.807) is 18.3 Å². The summed E-state index contributed by atoms with van der Waals surface area (Å²) in [7, 11) is 0. The molecule has 2 aromatic heterocycles. The molecule has 1 fully saturated rings. The Hall–Kier alpha value is -3.32. The second-order valence-electron chi connectivity index (χ2n) is 7.93. The van der Waals surface area contributed by atoms with Crippen molar-refractivity contribution in [3.8, 4) is 5.75 Å². The van der Waals surface area contributed by atoms with Gasteiger partial charge in [0.1, 0.15) is 18.2 Å². The first kappa shape index (κ1) is 21.9. The molecule has 1 N–H and O–H groups in total. The third kappa shape index (κ3) is 6.11. The molecule has 166 valence electrons. The number of aromatic nitrogens is 2. The molecule has 3 heterocycles. The van der Waals surface area contributed by atoms with Crippen molar-refractivity contribution in [1.29, 1.82) is 0 Å². The Labute approximate surface area is 187 Å². The molecule has 0 spiro atoms. The molecule has 0 saturated carbocycles. The van der Waals surface area contributed by atoms with Crippen LogP contribution in [-0.4, -0.2) is 47.0 Å². The summed E-state index contributed by atoms with van der Waals surface area (Å²) in [6.45, 7) is 3.42. The van der Waals surface area contributed by atoms with Crippen LogP contribution in [0.15, 0.2) is 67.0 Å². The summed E-state index contributed by atoms with van der Waals surface area (Å²) in [5, 5.41) is 2.80. The summed E-state index contributed by atoms with van der Waals surface area (Å²) >= 11 is 0. The molecule has 1 amide bonds. The van der Waals surface area contributed by atoms with Crippen molar-refractivity contribution in [2.75, 3.05) is 26.2 Å². The average molecular weight is 435 g/mol. The smallest absolute Gasteiger partial charge is 0.252 e. The van der Waals surface area contributed by atoms with Gasteiger partial charge >= 0.3 is 0 Å². The molecule has 1 aliphatic rings. The first-order valence-corrected chi connectivity index (χ1v) is 10.9. The fraction of sp³-hybridized carbons (Fsp3) is 0.320. The Balaban J connectivity index is 1.25. The Morgan fingerprint density at radius 2 is 2.09 bits per heavy atom. The van der Waals surface area contributed by atoms with Gasteiger partial charge in [-0.3, -0.25) is 19.7 Å². The van der Waals surface area contributed by atoms with Crippen molar-refractivity contribution in [2.45, 2.75) is 25.3 Å². The molecule has 1 aromatic carbocycles. The van der Waals surface area contributed by atoms with E-state index in [0.717, 1.165) is 43.9 Å². The Bertz CT molecular complexity index is 1010. The number of nitrogens with one attached hydrogen (secondary N) is 1. The topological polar surface area (TPSA) is 67.3 Å². The summed E-state index contributed by atoms with van der Waals surface area (Å²) in [4.78, 5) is 23.8. The lowest BCUT2D eigenvalue weighted by atomic mass is 9.94. The van der Waals surface area contributed by atoms with Gasteiger partial charge in [-0.25, -0.2) is 4.39 Å². The van der Waals surface area contributed by atoms with Gasteiger partial charge in [0.2, 0.25) is 0 Å². The molecule has 1 atom stereocenters. The predicted molar refractivity (Wildman–Crippen MR) is 120 cm³/mol. The highest BCUT2D eigenvalue weighted by molar-refractivity contribution is 5.93. The monoisotopic (exact) mass is 434 g/mol. The van der Waals surface area contributed by atoms with Crippen LogP contribution in [-0.2, 0) is 6.54 Å². The quantitative estimate of drug-likeness (QED) is 0.546. The number of nitrogens with zero attached hydrogens (tertiary/aromatic N) is 3. The number of pyridine rings is 2. The van der Waals surface area contributed by atoms with Gasteiger partial charge in [-0.05, 0) is 55.8 Å². The molecule has 0 aliphatic carbocycles. The number of carbonyl (C=O) groups is 1. The predicted octanol–water partition coefficient (Wildman–Crippen LogP) is 3.80. The largest absolute Gasteiger partial charge is 0.492 e. The van der Waals surface area contributed by atoms with Crippen LogP contribution in [0.1, 0.15) is 40.5 Å². The summed E-state index contributed by atoms with van der Waals surface area (Å²) in [6.07, 6.45) is 5.67. The number of likely N-dealkylation sites (tertiary alicyclic amines) is 1. The van der Waals surface area contributed by atoms with Crippen molar-refractivity contribution in [3.05, 3.63) is 89.8 Å². The highest BCUT2D eigenvalue weighted by atomic mass is 19.1. The molecule has 3 aromatic rings. The molecule has 6 nitrogen and oxygen atoms in total. The summed E-state index contributed by atoms with van der Waals surface area (Å²) in [6, 6.07) is 15.7. The van der Waals surface area contributed by atoms with Crippen LogP contribution in [0, 0.1) is 5.82 Å². The SMILES string of the molecule is O=C(NCCOc1cccc(F)c1)c1ccc([C@H]2CCCN(Cc3ccccn3)C2)nc1. The summed E-state index contributed by atoms with van der Waals surface area (Å²) in [5.41, 5.74) is 2.61. The molecular formula is C25H27FN4O2. The number of amides is 1. The number of hydrogen-bond donors (Lipinski definition) is 1. The van der Waals surface area contributed by atoms with Crippen LogP contribution in [0.2, 0.25) is 0 Å². The highest BCUT2D eigenvalue weighted by Gasteiger charge is 2.23. The van der Waals surface area contributed by atoms with Crippen molar-refractivity contribution in [1.82, 2.24) is 20.2 Å². The minimum atomic E-state index is -0.351. The molecule has 1 aliphatic heterocycles. The number of ether oxygens (including phenoxy) is 1. The van der Waals surface area contributed by atoms with E-state index in [1.807, 2.05) is 30.5 Å². The maximum absolute atomic E-state index is 13.2. The minimum absolute atomic E-state index is 0.202. The van der Waals surface area contributed by atoms with Crippen LogP contribution >= 0.6 is 0 Å². The zero-order valence-electron chi connectivity index (χ0n) is 17.9. The highest BCUT2D eigenvalue weighted by Crippen LogP contribution is 2.26. The van der Waals surface area contributed by atoms with Gasteiger partial charge in [0.05, 0.1) is 17.8 Å². The van der Waals surface area contributed by atoms with Crippen LogP contribution in [0.3, 0.4) is 0 Å². The molecule has 4 rings (SSSR count). The van der Waals surface area contributed by atoms with Gasteiger partial charge in [-0.1, -0.05) is 12.1 Å². The number of halogens is 1. The van der Waals surface area contributed by atoms with Gasteiger partial charge in [-0.2, -0.15) is 0 Å². The fourth-order valence-electron chi connectivity index (χ4n) is 3.93. The molecular weight excluding hydrogens is 407 g/mol. The van der Waals surface area contributed by atoms with Crippen LogP contribution in [0.4, 0.5) is 4.39 Å². The summed E-state index contributed by atoms with van der Waals surface area (Å²) < 4.78 is 18.6. The lowest BCUT2D eigenvalue weighted by Gasteiger charge is -2.32. The van der Waals surface area contributed by atoms with E-state index in [1.165, 1.54) is 12.1 Å². The van der Waals surface area contributed by atoms with E-state index in [2.05, 4.69) is 26.3 Å². The van der Waals surface area contributed by atoms with E-state index in [-0.39, 0.29) is 18.3 Å². The van der Waals surface area contributed by atoms with E-state index in [0.29, 0.717) is 23.8 Å². The number of piperidine rings is 1. The first-order chi connectivity index (χ1) is 15.7. The molecule has 32 heavy (non-hydrogen) atoms. The van der Waals surface area contributed by atoms with Crippen molar-refractivity contribution < 1.29 is 13.9 Å². The number of rotatable bonds is 8. The third-order valence-corrected chi connectivity index (χ3v) is 5.54. The van der Waals surface area contributed by atoms with Crippen LogP contribution in [0.5, 0.6) is 5.75 Å². The number of carbonyl (C=O) groups excluding carboxylic acids is 1. The molecule has 0 bridgehead atoms. The molecule has 0 unspecified atom stereocenters. The van der Waals surface area contributed by atoms with Crippen molar-refractivity contribution in [2.24, 2.45) is 0 Å². The van der Waals surface area contributed by atoms with Gasteiger partial charge in [0.25, 0.3) is 5.91 Å². The zero-order chi connectivity index (χ0) is 22.2. The van der Waals surface area contributed by atoms with Crippen molar-refractivity contribution >= 4 is 5.91 Å². The standard InChI is InChI=1S/C25H27FN4O2/c26-21-6-3-8-23(15-21)32-14-12-28-25(31)19-9-10-24(29-16-19)20-5-4-13-30(17-20)18-22-7-1-2-11-27-22/h1-3,6-11,15-16,20H,4-5,12-14,17-18H2,(H,28,31)/t20-/m0/s1. The number of hydrogen-bond acceptors (Lipinski definition) is 5. The van der Waals surface area contributed by atoms with E-state index in [4.69, 9.17) is 4.74 Å². The summed E-state index contributed by atoms with van der Waals surface area (Å²) in [5.74, 6) is 0.238. The van der Waals surface area contributed by atoms with Gasteiger partial charge in [-0.15, -0.1) is 0 Å². The average Bonchev–Trinajstić information content (AvgIpc) is 2.83. The Kier molecular flexibility index (Phi) is 7.40. The van der Waals surface area contributed by atoms with E-state index >= 15 is 0 Å². The third-order valence-electron chi connectivity index (χ3n) is 5.54. The lowest BCUT2D eigenvalue weighted by molar-refractivity contribution is 0.0946. The normalized spacial score (nSPS) is 16.5. The molecule has 0 radical (unpaired) electrons. The first-order valence-electron chi connectivity index (χ1n) is 10.9. The maximum Gasteiger partial charge on any atom is 0.252 e. The van der Waals surface area contributed by atoms with Crippen molar-refractivity contribution in [3.63, 3.8) is 0 Å². The second-order valence-corrected chi connectivity index (χ2v) is 7.93. The van der Waals surface area contributed by atoms with Crippen LogP contribution in [0.25, 0.3) is 0 Å².